The third kappa shape index (κ3) is 4.25. The molecule has 1 aliphatic heterocycles. The summed E-state index contributed by atoms with van der Waals surface area (Å²) in [4.78, 5) is 26.4. The molecule has 0 unspecified atom stereocenters. The van der Waals surface area contributed by atoms with Crippen molar-refractivity contribution < 1.29 is 9.59 Å². The molecule has 3 rings (SSSR count). The number of anilines is 2. The number of nitriles is 2. The largest absolute Gasteiger partial charge is 0.349 e. The number of thioether (sulfide) groups is 1. The van der Waals surface area contributed by atoms with Gasteiger partial charge in [0.2, 0.25) is 11.8 Å². The average Bonchev–Trinajstić information content (AvgIpc) is 2.97. The Hall–Kier alpha value is -3.07. The maximum Gasteiger partial charge on any atom is 0.247 e. The van der Waals surface area contributed by atoms with Gasteiger partial charge >= 0.3 is 0 Å². The fourth-order valence-corrected chi connectivity index (χ4v) is 4.00. The van der Waals surface area contributed by atoms with Crippen molar-refractivity contribution in [3.05, 3.63) is 69.7 Å². The molecule has 8 heteroatoms. The molecule has 2 aromatic carbocycles. The second-order valence-electron chi connectivity index (χ2n) is 5.77. The second-order valence-corrected chi connectivity index (χ2v) is 7.90. The van der Waals surface area contributed by atoms with E-state index in [1.807, 2.05) is 30.3 Å². The maximum absolute atomic E-state index is 12.8. The van der Waals surface area contributed by atoms with Crippen LogP contribution in [0.4, 0.5) is 11.4 Å². The lowest BCUT2D eigenvalue weighted by atomic mass is 10.3. The molecule has 1 atom stereocenters. The highest BCUT2D eigenvalue weighted by Crippen LogP contribution is 2.35. The van der Waals surface area contributed by atoms with E-state index in [1.165, 1.54) is 0 Å². The number of carbonyl (C=O) groups excluding carboxylic acids is 2. The number of para-hydroxylation sites is 1. The molecular weight excluding hydrogens is 440 g/mol. The lowest BCUT2D eigenvalue weighted by molar-refractivity contribution is -0.121. The first kappa shape index (κ1) is 19.7. The van der Waals surface area contributed by atoms with E-state index in [-0.39, 0.29) is 28.8 Å². The van der Waals surface area contributed by atoms with Crippen molar-refractivity contribution in [2.45, 2.75) is 11.7 Å². The molecule has 2 aromatic rings. The quantitative estimate of drug-likeness (QED) is 0.539. The van der Waals surface area contributed by atoms with Crippen LogP contribution in [0.1, 0.15) is 6.42 Å². The predicted molar refractivity (Wildman–Crippen MR) is 111 cm³/mol. The smallest absolute Gasteiger partial charge is 0.247 e. The zero-order valence-corrected chi connectivity index (χ0v) is 16.8. The SMILES string of the molecule is N#CC(C#N)=C(Nc1ccccc1)S[C@@H]1CC(=O)N(c2ccc(Br)cc2)C1=O. The van der Waals surface area contributed by atoms with E-state index >= 15 is 0 Å². The molecular formula is C20H13BrN4O2S. The van der Waals surface area contributed by atoms with Crippen LogP contribution in [0.3, 0.4) is 0 Å². The second kappa shape index (κ2) is 8.75. The zero-order chi connectivity index (χ0) is 20.1. The van der Waals surface area contributed by atoms with Crippen LogP contribution in [0.2, 0.25) is 0 Å². The number of carbonyl (C=O) groups is 2. The molecule has 1 fully saturated rings. The van der Waals surface area contributed by atoms with Crippen LogP contribution < -0.4 is 10.2 Å². The van der Waals surface area contributed by atoms with Crippen molar-refractivity contribution in [3.63, 3.8) is 0 Å². The zero-order valence-electron chi connectivity index (χ0n) is 14.4. The number of nitrogens with zero attached hydrogens (tertiary/aromatic N) is 3. The molecule has 1 heterocycles. The van der Waals surface area contributed by atoms with Crippen molar-refractivity contribution in [2.75, 3.05) is 10.2 Å². The molecule has 1 N–H and O–H groups in total. The van der Waals surface area contributed by atoms with E-state index in [9.17, 15) is 20.1 Å². The summed E-state index contributed by atoms with van der Waals surface area (Å²) < 4.78 is 0.839. The third-order valence-electron chi connectivity index (χ3n) is 3.93. The molecule has 1 aliphatic rings. The van der Waals surface area contributed by atoms with E-state index in [1.54, 1.807) is 36.4 Å². The van der Waals surface area contributed by atoms with Gasteiger partial charge in [-0.15, -0.1) is 0 Å². The van der Waals surface area contributed by atoms with E-state index in [2.05, 4.69) is 21.2 Å². The minimum atomic E-state index is -0.723. The number of rotatable bonds is 5. The number of benzene rings is 2. The average molecular weight is 453 g/mol. The predicted octanol–water partition coefficient (Wildman–Crippen LogP) is 4.19. The molecule has 0 radical (unpaired) electrons. The molecule has 0 aliphatic carbocycles. The van der Waals surface area contributed by atoms with Gasteiger partial charge in [0.1, 0.15) is 17.2 Å². The van der Waals surface area contributed by atoms with Crippen molar-refractivity contribution in [1.82, 2.24) is 0 Å². The first-order chi connectivity index (χ1) is 13.5. The number of hydrogen-bond donors (Lipinski definition) is 1. The van der Waals surface area contributed by atoms with Gasteiger partial charge in [-0.2, -0.15) is 10.5 Å². The summed E-state index contributed by atoms with van der Waals surface area (Å²) >= 11 is 4.34. The number of amides is 2. The van der Waals surface area contributed by atoms with E-state index < -0.39 is 5.25 Å². The van der Waals surface area contributed by atoms with Gasteiger partial charge in [-0.05, 0) is 36.4 Å². The normalized spacial score (nSPS) is 15.7. The minimum Gasteiger partial charge on any atom is -0.349 e. The molecule has 0 bridgehead atoms. The number of halogens is 1. The Labute approximate surface area is 174 Å². The Morgan fingerprint density at radius 3 is 2.32 bits per heavy atom. The van der Waals surface area contributed by atoms with Gasteiger partial charge in [-0.25, -0.2) is 4.90 Å². The van der Waals surface area contributed by atoms with Crippen LogP contribution in [0.5, 0.6) is 0 Å². The standard InChI is InChI=1S/C20H13BrN4O2S/c21-14-6-8-16(9-7-14)25-18(26)10-17(20(25)27)28-19(13(11-22)12-23)24-15-4-2-1-3-5-15/h1-9,17,24H,10H2/t17-/m1/s1. The van der Waals surface area contributed by atoms with Crippen molar-refractivity contribution in [1.29, 1.82) is 10.5 Å². The Kier molecular flexibility index (Phi) is 6.15. The van der Waals surface area contributed by atoms with Crippen LogP contribution in [0, 0.1) is 22.7 Å². The summed E-state index contributed by atoms with van der Waals surface area (Å²) in [5.74, 6) is -0.695. The molecule has 0 saturated carbocycles. The molecule has 2 amide bonds. The van der Waals surface area contributed by atoms with Crippen molar-refractivity contribution >= 4 is 50.9 Å². The fraction of sp³-hybridized carbons (Fsp3) is 0.100. The third-order valence-corrected chi connectivity index (χ3v) is 5.66. The lowest BCUT2D eigenvalue weighted by Crippen LogP contribution is -2.31. The van der Waals surface area contributed by atoms with Gasteiger partial charge in [0, 0.05) is 16.6 Å². The van der Waals surface area contributed by atoms with Crippen LogP contribution in [0.25, 0.3) is 0 Å². The molecule has 28 heavy (non-hydrogen) atoms. The first-order valence-corrected chi connectivity index (χ1v) is 9.86. The molecule has 6 nitrogen and oxygen atoms in total. The Morgan fingerprint density at radius 1 is 1.07 bits per heavy atom. The lowest BCUT2D eigenvalue weighted by Gasteiger charge is -2.16. The molecule has 0 spiro atoms. The van der Waals surface area contributed by atoms with Gasteiger partial charge in [-0.1, -0.05) is 45.9 Å². The van der Waals surface area contributed by atoms with Gasteiger partial charge in [0.25, 0.3) is 0 Å². The highest BCUT2D eigenvalue weighted by Gasteiger charge is 2.40. The molecule has 1 saturated heterocycles. The van der Waals surface area contributed by atoms with Gasteiger partial charge < -0.3 is 5.32 Å². The Bertz CT molecular complexity index is 1010. The van der Waals surface area contributed by atoms with E-state index in [0.29, 0.717) is 11.4 Å². The van der Waals surface area contributed by atoms with Crippen LogP contribution >= 0.6 is 27.7 Å². The summed E-state index contributed by atoms with van der Waals surface area (Å²) in [5, 5.41) is 21.1. The summed E-state index contributed by atoms with van der Waals surface area (Å²) in [7, 11) is 0. The van der Waals surface area contributed by atoms with Gasteiger partial charge in [-0.3, -0.25) is 9.59 Å². The molecule has 138 valence electrons. The fourth-order valence-electron chi connectivity index (χ4n) is 2.63. The van der Waals surface area contributed by atoms with E-state index in [4.69, 9.17) is 0 Å². The number of imide groups is 1. The Morgan fingerprint density at radius 2 is 1.71 bits per heavy atom. The summed E-state index contributed by atoms with van der Waals surface area (Å²) in [6.45, 7) is 0. The van der Waals surface area contributed by atoms with Crippen LogP contribution in [0.15, 0.2) is 69.7 Å². The topological polar surface area (TPSA) is 97.0 Å². The van der Waals surface area contributed by atoms with Gasteiger partial charge in [0.05, 0.1) is 10.9 Å². The monoisotopic (exact) mass is 452 g/mol. The highest BCUT2D eigenvalue weighted by molar-refractivity contribution is 9.10. The molecule has 0 aromatic heterocycles. The van der Waals surface area contributed by atoms with Crippen molar-refractivity contribution in [3.8, 4) is 12.1 Å². The van der Waals surface area contributed by atoms with Crippen molar-refractivity contribution in [2.24, 2.45) is 0 Å². The van der Waals surface area contributed by atoms with Crippen LogP contribution in [-0.2, 0) is 9.59 Å². The van der Waals surface area contributed by atoms with Gasteiger partial charge in [0.15, 0.2) is 5.57 Å². The Balaban J connectivity index is 1.85. The minimum absolute atomic E-state index is 0.0102. The summed E-state index contributed by atoms with van der Waals surface area (Å²) in [6, 6.07) is 19.6. The summed E-state index contributed by atoms with van der Waals surface area (Å²) in [6.07, 6.45) is -0.0102. The van der Waals surface area contributed by atoms with E-state index in [0.717, 1.165) is 21.1 Å². The summed E-state index contributed by atoms with van der Waals surface area (Å²) in [5.41, 5.74) is 1.02. The maximum atomic E-state index is 12.8. The number of nitrogens with one attached hydrogen (secondary N) is 1. The first-order valence-electron chi connectivity index (χ1n) is 8.19. The number of allylic oxidation sites excluding steroid dienone is 1. The highest BCUT2D eigenvalue weighted by atomic mass is 79.9. The number of hydrogen-bond acceptors (Lipinski definition) is 6. The van der Waals surface area contributed by atoms with Crippen LogP contribution in [-0.4, -0.2) is 17.1 Å².